The van der Waals surface area contributed by atoms with Crippen LogP contribution in [0.5, 0.6) is 5.75 Å². The fourth-order valence-electron chi connectivity index (χ4n) is 3.66. The van der Waals surface area contributed by atoms with E-state index in [4.69, 9.17) is 9.47 Å². The first-order valence-electron chi connectivity index (χ1n) is 9.97. The molecule has 1 N–H and O–H groups in total. The highest BCUT2D eigenvalue weighted by Crippen LogP contribution is 2.39. The third-order valence-corrected chi connectivity index (χ3v) is 6.36. The van der Waals surface area contributed by atoms with Gasteiger partial charge in [0.1, 0.15) is 17.4 Å². The van der Waals surface area contributed by atoms with Gasteiger partial charge in [0.15, 0.2) is 0 Å². The average Bonchev–Trinajstić information content (AvgIpc) is 3.15. The van der Waals surface area contributed by atoms with Crippen molar-refractivity contribution >= 4 is 28.2 Å². The zero-order chi connectivity index (χ0) is 20.9. The van der Waals surface area contributed by atoms with Crippen LogP contribution in [0.3, 0.4) is 0 Å². The molecule has 30 heavy (non-hydrogen) atoms. The third kappa shape index (κ3) is 4.24. The largest absolute Gasteiger partial charge is 0.488 e. The van der Waals surface area contributed by atoms with Crippen molar-refractivity contribution in [2.75, 3.05) is 12.4 Å². The van der Waals surface area contributed by atoms with E-state index >= 15 is 0 Å². The van der Waals surface area contributed by atoms with Crippen LogP contribution in [0.2, 0.25) is 0 Å². The van der Waals surface area contributed by atoms with Crippen LogP contribution < -0.4 is 10.1 Å². The summed E-state index contributed by atoms with van der Waals surface area (Å²) >= 11 is 1.47. The fraction of sp³-hybridized carbons (Fsp3) is 0.250. The monoisotopic (exact) mass is 421 g/mol. The minimum Gasteiger partial charge on any atom is -0.488 e. The molecule has 0 radical (unpaired) electrons. The number of carbonyl (C=O) groups is 2. The van der Waals surface area contributed by atoms with Gasteiger partial charge in [0.2, 0.25) is 0 Å². The topological polar surface area (TPSA) is 64.6 Å². The van der Waals surface area contributed by atoms with Crippen LogP contribution in [0.4, 0.5) is 5.00 Å². The van der Waals surface area contributed by atoms with Crippen LogP contribution in [0.25, 0.3) is 0 Å². The average molecular weight is 422 g/mol. The molecule has 6 heteroatoms. The van der Waals surface area contributed by atoms with E-state index in [2.05, 4.69) is 5.32 Å². The number of para-hydroxylation sites is 1. The van der Waals surface area contributed by atoms with Gasteiger partial charge in [-0.3, -0.25) is 4.79 Å². The van der Waals surface area contributed by atoms with E-state index in [9.17, 15) is 9.59 Å². The van der Waals surface area contributed by atoms with Gasteiger partial charge in [0.25, 0.3) is 5.91 Å². The zero-order valence-electron chi connectivity index (χ0n) is 16.8. The first-order chi connectivity index (χ1) is 14.7. The molecule has 0 spiro atoms. The van der Waals surface area contributed by atoms with Crippen LogP contribution in [0.1, 0.15) is 49.6 Å². The number of aryl methyl sites for hydroxylation is 1. The number of nitrogens with one attached hydrogen (secondary N) is 1. The van der Waals surface area contributed by atoms with Crippen molar-refractivity contribution in [3.63, 3.8) is 0 Å². The third-order valence-electron chi connectivity index (χ3n) is 5.16. The van der Waals surface area contributed by atoms with E-state index in [0.29, 0.717) is 28.5 Å². The minimum atomic E-state index is -0.404. The molecule has 1 amide bonds. The lowest BCUT2D eigenvalue weighted by atomic mass is 9.95. The van der Waals surface area contributed by atoms with Crippen molar-refractivity contribution < 1.29 is 19.1 Å². The number of amides is 1. The Kier molecular flexibility index (Phi) is 6.14. The first kappa shape index (κ1) is 20.2. The number of rotatable bonds is 6. The Morgan fingerprint density at radius 2 is 1.73 bits per heavy atom. The Morgan fingerprint density at radius 3 is 2.53 bits per heavy atom. The van der Waals surface area contributed by atoms with Crippen molar-refractivity contribution in [1.29, 1.82) is 0 Å². The normalized spacial score (nSPS) is 12.7. The van der Waals surface area contributed by atoms with Crippen molar-refractivity contribution in [3.8, 4) is 5.75 Å². The Labute approximate surface area is 179 Å². The summed E-state index contributed by atoms with van der Waals surface area (Å²) in [5.41, 5.74) is 2.96. The van der Waals surface area contributed by atoms with Crippen molar-refractivity contribution in [2.24, 2.45) is 0 Å². The summed E-state index contributed by atoms with van der Waals surface area (Å²) < 4.78 is 10.9. The van der Waals surface area contributed by atoms with Gasteiger partial charge in [-0.2, -0.15) is 0 Å². The van der Waals surface area contributed by atoms with Crippen molar-refractivity contribution in [3.05, 3.63) is 81.7 Å². The number of carbonyl (C=O) groups excluding carboxylic acids is 2. The second-order valence-electron chi connectivity index (χ2n) is 7.13. The van der Waals surface area contributed by atoms with Crippen molar-refractivity contribution in [1.82, 2.24) is 0 Å². The molecule has 4 rings (SSSR count). The lowest BCUT2D eigenvalue weighted by molar-refractivity contribution is 0.0601. The van der Waals surface area contributed by atoms with Gasteiger partial charge in [-0.15, -0.1) is 11.3 Å². The number of fused-ring (bicyclic) bond motifs is 1. The number of benzene rings is 2. The molecule has 1 aliphatic rings. The molecular weight excluding hydrogens is 398 g/mol. The van der Waals surface area contributed by atoms with Gasteiger partial charge in [-0.25, -0.2) is 4.79 Å². The number of thiophene rings is 1. The van der Waals surface area contributed by atoms with E-state index in [1.54, 1.807) is 18.2 Å². The van der Waals surface area contributed by atoms with Gasteiger partial charge in [-0.05, 0) is 48.9 Å². The second-order valence-corrected chi connectivity index (χ2v) is 8.24. The highest BCUT2D eigenvalue weighted by atomic mass is 32.1. The summed E-state index contributed by atoms with van der Waals surface area (Å²) in [6.07, 6.45) is 3.90. The van der Waals surface area contributed by atoms with E-state index in [0.717, 1.165) is 41.7 Å². The molecule has 0 atom stereocenters. The summed E-state index contributed by atoms with van der Waals surface area (Å²) in [6.45, 7) is 0.367. The molecule has 0 fully saturated rings. The number of methoxy groups -OCH3 is 1. The summed E-state index contributed by atoms with van der Waals surface area (Å²) in [6, 6.07) is 16.9. The molecule has 1 aliphatic carbocycles. The summed E-state index contributed by atoms with van der Waals surface area (Å²) in [5, 5.41) is 3.49. The molecule has 1 heterocycles. The van der Waals surface area contributed by atoms with E-state index in [-0.39, 0.29) is 5.91 Å². The number of anilines is 1. The molecule has 0 aliphatic heterocycles. The van der Waals surface area contributed by atoms with Crippen LogP contribution in [0.15, 0.2) is 54.6 Å². The summed E-state index contributed by atoms with van der Waals surface area (Å²) in [4.78, 5) is 26.7. The number of esters is 1. The second kappa shape index (κ2) is 9.13. The van der Waals surface area contributed by atoms with Gasteiger partial charge in [0, 0.05) is 4.88 Å². The maximum absolute atomic E-state index is 13.1. The molecule has 0 saturated carbocycles. The molecule has 0 unspecified atom stereocenters. The van der Waals surface area contributed by atoms with Gasteiger partial charge in [-0.1, -0.05) is 42.5 Å². The number of hydrogen-bond donors (Lipinski definition) is 1. The molecule has 0 saturated heterocycles. The Morgan fingerprint density at radius 1 is 1.00 bits per heavy atom. The van der Waals surface area contributed by atoms with Crippen molar-refractivity contribution in [2.45, 2.75) is 32.3 Å². The number of hydrogen-bond acceptors (Lipinski definition) is 5. The lowest BCUT2D eigenvalue weighted by Gasteiger charge is -2.13. The molecule has 1 aromatic heterocycles. The SMILES string of the molecule is COC(=O)c1c(NC(=O)c2ccccc2OCc2ccccc2)sc2c1CCCC2. The maximum Gasteiger partial charge on any atom is 0.341 e. The van der Waals surface area contributed by atoms with E-state index < -0.39 is 5.97 Å². The molecule has 5 nitrogen and oxygen atoms in total. The molecule has 154 valence electrons. The highest BCUT2D eigenvalue weighted by Gasteiger charge is 2.27. The lowest BCUT2D eigenvalue weighted by Crippen LogP contribution is -2.16. The van der Waals surface area contributed by atoms with E-state index in [1.165, 1.54) is 18.4 Å². The predicted molar refractivity (Wildman–Crippen MR) is 117 cm³/mol. The predicted octanol–water partition coefficient (Wildman–Crippen LogP) is 5.24. The highest BCUT2D eigenvalue weighted by molar-refractivity contribution is 7.17. The Bertz CT molecular complexity index is 1060. The molecular formula is C24H23NO4S. The Hall–Kier alpha value is -3.12. The first-order valence-corrected chi connectivity index (χ1v) is 10.8. The zero-order valence-corrected chi connectivity index (χ0v) is 17.6. The summed E-state index contributed by atoms with van der Waals surface area (Å²) in [5.74, 6) is -0.208. The molecule has 2 aromatic carbocycles. The smallest absolute Gasteiger partial charge is 0.341 e. The fourth-order valence-corrected chi connectivity index (χ4v) is 4.93. The van der Waals surface area contributed by atoms with Crippen LogP contribution >= 0.6 is 11.3 Å². The van der Waals surface area contributed by atoms with Crippen LogP contribution in [-0.2, 0) is 24.2 Å². The standard InChI is InChI=1S/C24H23NO4S/c1-28-24(27)21-18-12-6-8-14-20(18)30-23(21)25-22(26)17-11-5-7-13-19(17)29-15-16-9-3-2-4-10-16/h2-5,7,9-11,13H,6,8,12,14-15H2,1H3,(H,25,26). The maximum atomic E-state index is 13.1. The van der Waals surface area contributed by atoms with Gasteiger partial charge < -0.3 is 14.8 Å². The van der Waals surface area contributed by atoms with Crippen LogP contribution in [0, 0.1) is 0 Å². The van der Waals surface area contributed by atoms with Gasteiger partial charge in [0.05, 0.1) is 18.2 Å². The quantitative estimate of drug-likeness (QED) is 0.553. The van der Waals surface area contributed by atoms with E-state index in [1.807, 2.05) is 36.4 Å². The van der Waals surface area contributed by atoms with Crippen LogP contribution in [-0.4, -0.2) is 19.0 Å². The molecule has 3 aromatic rings. The number of ether oxygens (including phenoxy) is 2. The van der Waals surface area contributed by atoms with Gasteiger partial charge >= 0.3 is 5.97 Å². The Balaban J connectivity index is 1.58. The molecule has 0 bridgehead atoms. The summed E-state index contributed by atoms with van der Waals surface area (Å²) in [7, 11) is 1.37. The minimum absolute atomic E-state index is 0.303.